The van der Waals surface area contributed by atoms with Gasteiger partial charge in [-0.15, -0.1) is 0 Å². The Morgan fingerprint density at radius 3 is 0.975 bits per heavy atom. The van der Waals surface area contributed by atoms with Gasteiger partial charge in [0.25, 0.3) is 0 Å². The fourth-order valence-electron chi connectivity index (χ4n) is 10.6. The SMILES string of the molecule is CCCCCC/C=C\C/C=C\CCCCCCCC(=O)OCCCCCCCCCCC/C=C\C/C=C\CCCCCCCCCCCCCCCCCCCC(=O)NC(CO)C(O)/C=C/CCCCCCCCCCCCC. The van der Waals surface area contributed by atoms with Crippen LogP contribution in [-0.4, -0.2) is 47.4 Å². The lowest BCUT2D eigenvalue weighted by Gasteiger charge is -2.20. The summed E-state index contributed by atoms with van der Waals surface area (Å²) in [5.74, 6) is -0.0655. The van der Waals surface area contributed by atoms with Gasteiger partial charge in [-0.05, 0) is 96.3 Å². The fraction of sp³-hybridized carbons (Fsp3) is 0.836. The highest BCUT2D eigenvalue weighted by molar-refractivity contribution is 5.76. The number of hydrogen-bond acceptors (Lipinski definition) is 5. The standard InChI is InChI=1S/C73H135NO5/c1-3-5-7-9-11-13-15-17-18-39-43-47-51-55-59-63-67-73(78)79-68-64-60-56-52-48-44-40-37-35-33-31-29-27-25-23-21-19-20-22-24-26-28-30-32-34-36-38-42-46-50-54-58-62-66-72(77)74-70(69-75)71(76)65-61-57-53-49-45-41-16-14-12-10-8-6-4-2/h13,15,18,23,25,29,31,39,61,65,70-71,75-76H,3-12,14,16-17,19-22,24,26-28,30,32-38,40-60,62-64,66-69H2,1-2H3,(H,74,77)/b15-13-,25-23-,31-29-,39-18-,65-61+. The Labute approximate surface area is 492 Å². The molecule has 0 rings (SSSR count). The van der Waals surface area contributed by atoms with Crippen molar-refractivity contribution in [1.82, 2.24) is 5.32 Å². The molecule has 0 aliphatic rings. The molecule has 0 saturated heterocycles. The molecular formula is C73H135NO5. The second kappa shape index (κ2) is 68.1. The summed E-state index contributed by atoms with van der Waals surface area (Å²) in [5.41, 5.74) is 0. The average molecular weight is 1110 g/mol. The molecular weight excluding hydrogens is 971 g/mol. The topological polar surface area (TPSA) is 95.9 Å². The van der Waals surface area contributed by atoms with Gasteiger partial charge in [-0.2, -0.15) is 0 Å². The van der Waals surface area contributed by atoms with Gasteiger partial charge in [0.2, 0.25) is 5.91 Å². The van der Waals surface area contributed by atoms with Crippen molar-refractivity contribution in [3.05, 3.63) is 60.8 Å². The van der Waals surface area contributed by atoms with Crippen molar-refractivity contribution in [2.24, 2.45) is 0 Å². The quantitative estimate of drug-likeness (QED) is 0.0320. The van der Waals surface area contributed by atoms with E-state index in [1.54, 1.807) is 6.08 Å². The summed E-state index contributed by atoms with van der Waals surface area (Å²) in [6.07, 6.45) is 90.2. The van der Waals surface area contributed by atoms with E-state index in [0.29, 0.717) is 19.4 Å². The monoisotopic (exact) mass is 1110 g/mol. The molecule has 0 spiro atoms. The van der Waals surface area contributed by atoms with E-state index >= 15 is 0 Å². The summed E-state index contributed by atoms with van der Waals surface area (Å²) >= 11 is 0. The average Bonchev–Trinajstić information content (AvgIpc) is 3.45. The molecule has 79 heavy (non-hydrogen) atoms. The summed E-state index contributed by atoms with van der Waals surface area (Å²) < 4.78 is 5.49. The van der Waals surface area contributed by atoms with Gasteiger partial charge in [0.05, 0.1) is 25.4 Å². The van der Waals surface area contributed by atoms with E-state index in [2.05, 4.69) is 67.8 Å². The number of unbranched alkanes of at least 4 members (excludes halogenated alkanes) is 46. The summed E-state index contributed by atoms with van der Waals surface area (Å²) in [7, 11) is 0. The maximum Gasteiger partial charge on any atom is 0.305 e. The molecule has 0 aliphatic heterocycles. The predicted molar refractivity (Wildman–Crippen MR) is 347 cm³/mol. The molecule has 0 aromatic carbocycles. The largest absolute Gasteiger partial charge is 0.466 e. The summed E-state index contributed by atoms with van der Waals surface area (Å²) in [4.78, 5) is 24.5. The number of nitrogens with one attached hydrogen (secondary N) is 1. The van der Waals surface area contributed by atoms with Crippen LogP contribution in [0.4, 0.5) is 0 Å². The Balaban J connectivity index is 3.39. The number of amides is 1. The lowest BCUT2D eigenvalue weighted by molar-refractivity contribution is -0.143. The molecule has 0 aromatic heterocycles. The number of rotatable bonds is 65. The van der Waals surface area contributed by atoms with Crippen LogP contribution in [0, 0.1) is 0 Å². The highest BCUT2D eigenvalue weighted by Crippen LogP contribution is 2.17. The lowest BCUT2D eigenvalue weighted by atomic mass is 10.0. The van der Waals surface area contributed by atoms with Crippen LogP contribution >= 0.6 is 0 Å². The van der Waals surface area contributed by atoms with Gasteiger partial charge < -0.3 is 20.3 Å². The number of aliphatic hydroxyl groups is 2. The van der Waals surface area contributed by atoms with E-state index in [1.165, 1.54) is 283 Å². The van der Waals surface area contributed by atoms with Gasteiger partial charge in [-0.1, -0.05) is 319 Å². The van der Waals surface area contributed by atoms with Crippen LogP contribution in [0.5, 0.6) is 0 Å². The zero-order valence-electron chi connectivity index (χ0n) is 52.9. The number of esters is 1. The number of ether oxygens (including phenoxy) is 1. The van der Waals surface area contributed by atoms with Gasteiger partial charge in [0.1, 0.15) is 0 Å². The van der Waals surface area contributed by atoms with Crippen LogP contribution in [0.3, 0.4) is 0 Å². The van der Waals surface area contributed by atoms with Gasteiger partial charge in [0, 0.05) is 12.8 Å². The van der Waals surface area contributed by atoms with Gasteiger partial charge in [-0.3, -0.25) is 9.59 Å². The minimum absolute atomic E-state index is 0.000178. The zero-order chi connectivity index (χ0) is 57.1. The molecule has 0 fully saturated rings. The number of allylic oxidation sites excluding steroid dienone is 9. The fourth-order valence-corrected chi connectivity index (χ4v) is 10.6. The summed E-state index contributed by atoms with van der Waals surface area (Å²) in [6.45, 7) is 4.89. The number of carbonyl (C=O) groups is 2. The third-order valence-electron chi connectivity index (χ3n) is 16.0. The van der Waals surface area contributed by atoms with Crippen LogP contribution < -0.4 is 5.32 Å². The molecule has 0 saturated carbocycles. The van der Waals surface area contributed by atoms with E-state index in [9.17, 15) is 19.8 Å². The van der Waals surface area contributed by atoms with Crippen molar-refractivity contribution in [2.75, 3.05) is 13.2 Å². The predicted octanol–water partition coefficient (Wildman–Crippen LogP) is 22.6. The Morgan fingerprint density at radius 1 is 0.354 bits per heavy atom. The molecule has 0 heterocycles. The van der Waals surface area contributed by atoms with E-state index < -0.39 is 12.1 Å². The molecule has 6 heteroatoms. The van der Waals surface area contributed by atoms with Crippen molar-refractivity contribution in [1.29, 1.82) is 0 Å². The first-order valence-corrected chi connectivity index (χ1v) is 35.1. The second-order valence-corrected chi connectivity index (χ2v) is 23.9. The molecule has 0 radical (unpaired) electrons. The Kier molecular flexibility index (Phi) is 66.0. The van der Waals surface area contributed by atoms with Crippen LogP contribution in [0.25, 0.3) is 0 Å². The van der Waals surface area contributed by atoms with Crippen LogP contribution in [0.15, 0.2) is 60.8 Å². The third kappa shape index (κ3) is 64.6. The van der Waals surface area contributed by atoms with Crippen molar-refractivity contribution in [2.45, 2.75) is 379 Å². The number of hydrogen-bond donors (Lipinski definition) is 3. The van der Waals surface area contributed by atoms with Crippen molar-refractivity contribution in [3.8, 4) is 0 Å². The van der Waals surface area contributed by atoms with E-state index in [1.807, 2.05) is 6.08 Å². The van der Waals surface area contributed by atoms with Crippen LogP contribution in [-0.2, 0) is 14.3 Å². The molecule has 1 amide bonds. The first kappa shape index (κ1) is 76.6. The minimum atomic E-state index is -0.843. The lowest BCUT2D eigenvalue weighted by Crippen LogP contribution is -2.45. The Morgan fingerprint density at radius 2 is 0.633 bits per heavy atom. The molecule has 0 aromatic rings. The van der Waals surface area contributed by atoms with Gasteiger partial charge in [0.15, 0.2) is 0 Å². The van der Waals surface area contributed by atoms with E-state index in [0.717, 1.165) is 57.8 Å². The maximum absolute atomic E-state index is 12.5. The molecule has 2 atom stereocenters. The number of carbonyl (C=O) groups excluding carboxylic acids is 2. The zero-order valence-corrected chi connectivity index (χ0v) is 52.9. The minimum Gasteiger partial charge on any atom is -0.466 e. The second-order valence-electron chi connectivity index (χ2n) is 23.9. The van der Waals surface area contributed by atoms with Gasteiger partial charge >= 0.3 is 5.97 Å². The van der Waals surface area contributed by atoms with E-state index in [-0.39, 0.29) is 18.5 Å². The smallest absolute Gasteiger partial charge is 0.305 e. The highest BCUT2D eigenvalue weighted by Gasteiger charge is 2.18. The summed E-state index contributed by atoms with van der Waals surface area (Å²) in [5, 5.41) is 23.1. The molecule has 3 N–H and O–H groups in total. The normalized spacial score (nSPS) is 12.9. The Hall–Kier alpha value is -2.44. The molecule has 6 nitrogen and oxygen atoms in total. The first-order chi connectivity index (χ1) is 39.0. The number of aliphatic hydroxyl groups excluding tert-OH is 2. The highest BCUT2D eigenvalue weighted by atomic mass is 16.5. The summed E-state index contributed by atoms with van der Waals surface area (Å²) in [6, 6.07) is -0.627. The van der Waals surface area contributed by atoms with E-state index in [4.69, 9.17) is 4.74 Å². The maximum atomic E-state index is 12.5. The molecule has 2 unspecified atom stereocenters. The van der Waals surface area contributed by atoms with Crippen LogP contribution in [0.2, 0.25) is 0 Å². The Bertz CT molecular complexity index is 1370. The molecule has 0 bridgehead atoms. The van der Waals surface area contributed by atoms with Crippen molar-refractivity contribution in [3.63, 3.8) is 0 Å². The first-order valence-electron chi connectivity index (χ1n) is 35.1. The van der Waals surface area contributed by atoms with Gasteiger partial charge in [-0.25, -0.2) is 0 Å². The third-order valence-corrected chi connectivity index (χ3v) is 16.0. The molecule has 462 valence electrons. The molecule has 0 aliphatic carbocycles. The van der Waals surface area contributed by atoms with Crippen LogP contribution in [0.1, 0.15) is 367 Å². The van der Waals surface area contributed by atoms with Crippen molar-refractivity contribution >= 4 is 11.9 Å². The van der Waals surface area contributed by atoms with Crippen molar-refractivity contribution < 1.29 is 24.5 Å².